The molecule has 0 amide bonds. The summed E-state index contributed by atoms with van der Waals surface area (Å²) in [6.45, 7) is 0. The Hall–Kier alpha value is -1.45. The number of pyridine rings is 1. The fraction of sp³-hybridized carbons (Fsp3) is 0. The van der Waals surface area contributed by atoms with E-state index in [1.54, 1.807) is 0 Å². The monoisotopic (exact) mass is 163 g/mol. The molecule has 0 radical (unpaired) electrons. The first kappa shape index (κ1) is 10.6. The van der Waals surface area contributed by atoms with Crippen molar-refractivity contribution in [3.8, 4) is 0 Å². The molecule has 0 fully saturated rings. The van der Waals surface area contributed by atoms with Crippen LogP contribution >= 0.6 is 0 Å². The highest BCUT2D eigenvalue weighted by Gasteiger charge is 1.86. The molecule has 3 heteroatoms. The van der Waals surface area contributed by atoms with Crippen molar-refractivity contribution in [2.24, 2.45) is 0 Å². The van der Waals surface area contributed by atoms with Gasteiger partial charge in [0.25, 0.3) is 0 Å². The highest BCUT2D eigenvalue weighted by Crippen LogP contribution is 2.09. The topological polar surface area (TPSA) is 82.9 Å². The van der Waals surface area contributed by atoms with Crippen molar-refractivity contribution in [2.75, 3.05) is 0 Å². The molecule has 0 aliphatic heterocycles. The Balaban J connectivity index is 0.000000605. The van der Waals surface area contributed by atoms with Gasteiger partial charge in [0, 0.05) is 12.4 Å². The smallest absolute Gasteiger partial charge is 0.0346 e. The Morgan fingerprint density at radius 2 is 1.50 bits per heavy atom. The Labute approximate surface area is 71.6 Å². The minimum absolute atomic E-state index is 0. The molecule has 1 aromatic carbocycles. The maximum Gasteiger partial charge on any atom is 0.0346 e. The van der Waals surface area contributed by atoms with E-state index in [1.807, 2.05) is 30.6 Å². The quantitative estimate of drug-likeness (QED) is 0.626. The number of aromatic nitrogens is 1. The van der Waals surface area contributed by atoms with Crippen molar-refractivity contribution < 1.29 is 0 Å². The number of benzene rings is 1. The zero-order valence-corrected chi connectivity index (χ0v) is 6.90. The normalized spacial score (nSPS) is 8.33. The zero-order chi connectivity index (χ0) is 6.81. The second-order valence-electron chi connectivity index (χ2n) is 2.22. The lowest BCUT2D eigenvalue weighted by atomic mass is 10.2. The third-order valence-corrected chi connectivity index (χ3v) is 1.55. The summed E-state index contributed by atoms with van der Waals surface area (Å²) in [7, 11) is 0. The van der Waals surface area contributed by atoms with Gasteiger partial charge in [-0.2, -0.15) is 0 Å². The number of nitrogens with zero attached hydrogens (tertiary/aromatic N) is 1. The molecule has 1 aromatic heterocycles. The van der Waals surface area contributed by atoms with E-state index in [-0.39, 0.29) is 12.3 Å². The maximum absolute atomic E-state index is 4.01. The molecule has 3 nitrogen and oxygen atoms in total. The third-order valence-electron chi connectivity index (χ3n) is 1.55. The van der Waals surface area contributed by atoms with Crippen LogP contribution in [0.5, 0.6) is 0 Å². The lowest BCUT2D eigenvalue weighted by Gasteiger charge is -1.91. The van der Waals surface area contributed by atoms with Gasteiger partial charge in [0.05, 0.1) is 0 Å². The first-order valence-corrected chi connectivity index (χ1v) is 3.25. The average Bonchev–Trinajstić information content (AvgIpc) is 2.05. The van der Waals surface area contributed by atoms with E-state index in [0.717, 1.165) is 0 Å². The summed E-state index contributed by atoms with van der Waals surface area (Å²) < 4.78 is 0. The molecule has 2 rings (SSSR count). The van der Waals surface area contributed by atoms with Crippen LogP contribution in [0.2, 0.25) is 0 Å². The maximum atomic E-state index is 4.01. The zero-order valence-electron chi connectivity index (χ0n) is 6.90. The molecule has 64 valence electrons. The van der Waals surface area contributed by atoms with Crippen molar-refractivity contribution in [3.63, 3.8) is 0 Å². The molecule has 2 aromatic rings. The second-order valence-corrected chi connectivity index (χ2v) is 2.22. The van der Waals surface area contributed by atoms with Crippen molar-refractivity contribution in [1.82, 2.24) is 17.3 Å². The van der Waals surface area contributed by atoms with E-state index in [4.69, 9.17) is 0 Å². The van der Waals surface area contributed by atoms with Gasteiger partial charge in [-0.15, -0.1) is 0 Å². The molecule has 1 heterocycles. The van der Waals surface area contributed by atoms with Crippen molar-refractivity contribution >= 4 is 10.8 Å². The molecule has 6 N–H and O–H groups in total. The Kier molecular flexibility index (Phi) is 3.90. The highest BCUT2D eigenvalue weighted by atomic mass is 14.6. The summed E-state index contributed by atoms with van der Waals surface area (Å²) >= 11 is 0. The van der Waals surface area contributed by atoms with Gasteiger partial charge in [-0.25, -0.2) is 0 Å². The minimum atomic E-state index is 0. The SMILES string of the molecule is N.N.c1ccc2cnccc2c1. The van der Waals surface area contributed by atoms with Crippen molar-refractivity contribution in [3.05, 3.63) is 42.7 Å². The largest absolute Gasteiger partial charge is 0.344 e. The molecule has 0 spiro atoms. The standard InChI is InChI=1S/C9H7N.2H3N/c1-2-4-9-7-10-6-5-8(9)3-1;;/h1-7H;2*1H3. The van der Waals surface area contributed by atoms with Gasteiger partial charge < -0.3 is 12.3 Å². The Morgan fingerprint density at radius 1 is 0.833 bits per heavy atom. The molecule has 0 saturated carbocycles. The predicted molar refractivity (Wildman–Crippen MR) is 51.8 cm³/mol. The number of hydrogen-bond acceptors (Lipinski definition) is 3. The first-order chi connectivity index (χ1) is 4.97. The van der Waals surface area contributed by atoms with Gasteiger partial charge in [-0.05, 0) is 16.8 Å². The van der Waals surface area contributed by atoms with Crippen LogP contribution in [0.1, 0.15) is 0 Å². The Bertz CT molecular complexity index is 281. The van der Waals surface area contributed by atoms with E-state index < -0.39 is 0 Å². The lowest BCUT2D eigenvalue weighted by Crippen LogP contribution is -1.71. The van der Waals surface area contributed by atoms with E-state index in [9.17, 15) is 0 Å². The molecule has 0 aliphatic carbocycles. The van der Waals surface area contributed by atoms with Gasteiger partial charge in [0.2, 0.25) is 0 Å². The molecule has 0 aliphatic rings. The fourth-order valence-corrected chi connectivity index (χ4v) is 1.03. The lowest BCUT2D eigenvalue weighted by molar-refractivity contribution is 1.36. The van der Waals surface area contributed by atoms with Crippen molar-refractivity contribution in [2.45, 2.75) is 0 Å². The highest BCUT2D eigenvalue weighted by molar-refractivity contribution is 5.80. The second kappa shape index (κ2) is 4.43. The van der Waals surface area contributed by atoms with Crippen LogP contribution in [0.3, 0.4) is 0 Å². The van der Waals surface area contributed by atoms with Gasteiger partial charge in [-0.1, -0.05) is 24.3 Å². The summed E-state index contributed by atoms with van der Waals surface area (Å²) in [4.78, 5) is 4.01. The fourth-order valence-electron chi connectivity index (χ4n) is 1.03. The van der Waals surface area contributed by atoms with Gasteiger partial charge in [-0.3, -0.25) is 4.98 Å². The summed E-state index contributed by atoms with van der Waals surface area (Å²) in [6.07, 6.45) is 3.68. The summed E-state index contributed by atoms with van der Waals surface area (Å²) in [5.41, 5.74) is 0. The van der Waals surface area contributed by atoms with E-state index in [2.05, 4.69) is 17.1 Å². The summed E-state index contributed by atoms with van der Waals surface area (Å²) in [6, 6.07) is 10.2. The van der Waals surface area contributed by atoms with E-state index in [0.29, 0.717) is 0 Å². The van der Waals surface area contributed by atoms with Crippen LogP contribution in [0, 0.1) is 0 Å². The van der Waals surface area contributed by atoms with Crippen LogP contribution in [0.25, 0.3) is 10.8 Å². The van der Waals surface area contributed by atoms with E-state index >= 15 is 0 Å². The first-order valence-electron chi connectivity index (χ1n) is 3.25. The van der Waals surface area contributed by atoms with Crippen LogP contribution in [0.4, 0.5) is 0 Å². The molecule has 0 atom stereocenters. The van der Waals surface area contributed by atoms with Crippen LogP contribution in [-0.2, 0) is 0 Å². The number of fused-ring (bicyclic) bond motifs is 1. The molecule has 0 bridgehead atoms. The van der Waals surface area contributed by atoms with Crippen molar-refractivity contribution in [1.29, 1.82) is 0 Å². The molecule has 12 heavy (non-hydrogen) atoms. The van der Waals surface area contributed by atoms with Gasteiger partial charge in [0.1, 0.15) is 0 Å². The molecule has 0 saturated heterocycles. The summed E-state index contributed by atoms with van der Waals surface area (Å²) in [5.74, 6) is 0. The molecular weight excluding hydrogens is 150 g/mol. The van der Waals surface area contributed by atoms with Crippen LogP contribution in [0.15, 0.2) is 42.7 Å². The van der Waals surface area contributed by atoms with Crippen LogP contribution in [-0.4, -0.2) is 4.98 Å². The van der Waals surface area contributed by atoms with Crippen LogP contribution < -0.4 is 12.3 Å². The minimum Gasteiger partial charge on any atom is -0.344 e. The average molecular weight is 163 g/mol. The Morgan fingerprint density at radius 3 is 2.17 bits per heavy atom. The predicted octanol–water partition coefficient (Wildman–Crippen LogP) is 2.56. The number of rotatable bonds is 0. The molecular formula is C9H13N3. The summed E-state index contributed by atoms with van der Waals surface area (Å²) in [5, 5.41) is 2.45. The van der Waals surface area contributed by atoms with Gasteiger partial charge in [0.15, 0.2) is 0 Å². The van der Waals surface area contributed by atoms with Gasteiger partial charge >= 0.3 is 0 Å². The third kappa shape index (κ3) is 1.78. The molecule has 0 unspecified atom stereocenters. The van der Waals surface area contributed by atoms with E-state index in [1.165, 1.54) is 10.8 Å². The number of hydrogen-bond donors (Lipinski definition) is 2.